The zero-order chi connectivity index (χ0) is 25.5. The summed E-state index contributed by atoms with van der Waals surface area (Å²) in [6.45, 7) is 16.0. The zero-order valence-corrected chi connectivity index (χ0v) is 23.2. The van der Waals surface area contributed by atoms with Crippen LogP contribution < -0.4 is 10.2 Å². The Kier molecular flexibility index (Phi) is 11.2. The van der Waals surface area contributed by atoms with Crippen molar-refractivity contribution in [3.05, 3.63) is 82.7 Å². The van der Waals surface area contributed by atoms with E-state index < -0.39 is 0 Å². The van der Waals surface area contributed by atoms with Crippen LogP contribution in [-0.2, 0) is 40.2 Å². The van der Waals surface area contributed by atoms with Crippen molar-refractivity contribution in [3.63, 3.8) is 0 Å². The van der Waals surface area contributed by atoms with Crippen LogP contribution in [0.3, 0.4) is 0 Å². The van der Waals surface area contributed by atoms with Crippen molar-refractivity contribution < 1.29 is 26.7 Å². The minimum atomic E-state index is -0.347. The summed E-state index contributed by atoms with van der Waals surface area (Å²) in [4.78, 5) is 8.89. The quantitative estimate of drug-likeness (QED) is 0.298. The summed E-state index contributed by atoms with van der Waals surface area (Å²) >= 11 is 0. The second-order valence-corrected chi connectivity index (χ2v) is 10.5. The number of aromatic nitrogens is 1. The normalized spacial score (nSPS) is 11.5. The van der Waals surface area contributed by atoms with Crippen LogP contribution in [0.5, 0.6) is 11.5 Å². The van der Waals surface area contributed by atoms with Gasteiger partial charge < -0.3 is 10.2 Å². The number of hydrogen-bond donors (Lipinski definition) is 0. The van der Waals surface area contributed by atoms with Crippen molar-refractivity contribution in [1.82, 2.24) is 4.98 Å². The molecular formula is C30H38N2NiO2. The molecule has 0 saturated heterocycles. The summed E-state index contributed by atoms with van der Waals surface area (Å²) < 4.78 is 0. The molecule has 0 spiro atoms. The van der Waals surface area contributed by atoms with Gasteiger partial charge in [-0.1, -0.05) is 103 Å². The fourth-order valence-corrected chi connectivity index (χ4v) is 3.71. The minimum absolute atomic E-state index is 0. The van der Waals surface area contributed by atoms with Gasteiger partial charge in [-0.2, -0.15) is 0 Å². The van der Waals surface area contributed by atoms with Crippen molar-refractivity contribution in [2.45, 2.75) is 79.1 Å². The Labute approximate surface area is 221 Å². The molecule has 0 unspecified atom stereocenters. The van der Waals surface area contributed by atoms with Gasteiger partial charge in [0.25, 0.3) is 0 Å². The average molecular weight is 517 g/mol. The summed E-state index contributed by atoms with van der Waals surface area (Å²) in [5, 5.41) is 23.9. The van der Waals surface area contributed by atoms with Crippen LogP contribution in [-0.4, -0.2) is 11.2 Å². The molecule has 2 aromatic carbocycles. The van der Waals surface area contributed by atoms with Gasteiger partial charge in [0, 0.05) is 6.20 Å². The molecule has 190 valence electrons. The number of nitrogens with zero attached hydrogens (tertiary/aromatic N) is 2. The standard InChI is InChI=1S/C16H18N2.C14H22O2.Ni/c1-3-13-8-7-9-14(4-2)16(13)18-12-15-10-5-6-11-17-15;1-13(2,3)9-7-8-10(14(4,5)6)12(16)11(9)15;/h5-12H,3-4H2,1-2H3;7-8,15-16H,1-6H3;/q;;+2/p-2. The van der Waals surface area contributed by atoms with Gasteiger partial charge in [0.05, 0.1) is 17.6 Å². The van der Waals surface area contributed by atoms with E-state index in [0.29, 0.717) is 11.1 Å². The molecule has 35 heavy (non-hydrogen) atoms. The average Bonchev–Trinajstić information content (AvgIpc) is 2.78. The topological polar surface area (TPSA) is 71.4 Å². The van der Waals surface area contributed by atoms with Gasteiger partial charge in [-0.3, -0.25) is 9.98 Å². The van der Waals surface area contributed by atoms with E-state index in [1.807, 2.05) is 66.0 Å². The Morgan fingerprint density at radius 2 is 1.23 bits per heavy atom. The number of rotatable bonds is 4. The number of aliphatic imine (C=N–C) groups is 1. The number of aryl methyl sites for hydroxylation is 2. The minimum Gasteiger partial charge on any atom is -0.873 e. The third-order valence-corrected chi connectivity index (χ3v) is 5.71. The fourth-order valence-electron chi connectivity index (χ4n) is 3.71. The molecule has 1 aromatic heterocycles. The van der Waals surface area contributed by atoms with Crippen LogP contribution in [0.25, 0.3) is 0 Å². The van der Waals surface area contributed by atoms with Gasteiger partial charge >= 0.3 is 16.5 Å². The maximum absolute atomic E-state index is 12.0. The van der Waals surface area contributed by atoms with Gasteiger partial charge in [-0.15, -0.1) is 11.5 Å². The molecule has 0 N–H and O–H groups in total. The zero-order valence-electron chi connectivity index (χ0n) is 22.2. The smallest absolute Gasteiger partial charge is 0.873 e. The molecule has 0 amide bonds. The maximum atomic E-state index is 12.0. The van der Waals surface area contributed by atoms with Crippen molar-refractivity contribution in [2.75, 3.05) is 0 Å². The van der Waals surface area contributed by atoms with E-state index in [0.717, 1.165) is 24.2 Å². The third kappa shape index (κ3) is 8.21. The van der Waals surface area contributed by atoms with Gasteiger partial charge in [0.15, 0.2) is 0 Å². The van der Waals surface area contributed by atoms with E-state index in [1.54, 1.807) is 18.3 Å². The van der Waals surface area contributed by atoms with Gasteiger partial charge in [0.2, 0.25) is 0 Å². The number of benzene rings is 2. The second kappa shape index (κ2) is 12.9. The molecule has 0 aliphatic rings. The predicted molar refractivity (Wildman–Crippen MR) is 139 cm³/mol. The first-order chi connectivity index (χ1) is 15.9. The largest absolute Gasteiger partial charge is 2.00 e. The van der Waals surface area contributed by atoms with E-state index >= 15 is 0 Å². The van der Waals surface area contributed by atoms with Crippen molar-refractivity contribution in [3.8, 4) is 11.5 Å². The molecule has 5 heteroatoms. The molecule has 0 fully saturated rings. The first kappa shape index (κ1) is 30.4. The van der Waals surface area contributed by atoms with E-state index in [1.165, 1.54) is 11.1 Å². The number of pyridine rings is 1. The summed E-state index contributed by atoms with van der Waals surface area (Å²) in [5.41, 5.74) is 5.25. The molecule has 0 atom stereocenters. The first-order valence-electron chi connectivity index (χ1n) is 12.0. The molecule has 1 heterocycles. The van der Waals surface area contributed by atoms with Crippen LogP contribution in [0.2, 0.25) is 0 Å². The Bertz CT molecular complexity index is 1050. The van der Waals surface area contributed by atoms with Gasteiger partial charge in [-0.05, 0) is 46.9 Å². The molecule has 0 aliphatic heterocycles. The second-order valence-electron chi connectivity index (χ2n) is 10.5. The molecule has 0 bridgehead atoms. The molecule has 3 aromatic rings. The maximum Gasteiger partial charge on any atom is 2.00 e. The molecule has 0 radical (unpaired) electrons. The van der Waals surface area contributed by atoms with Gasteiger partial charge in [-0.25, -0.2) is 0 Å². The molecular weight excluding hydrogens is 479 g/mol. The predicted octanol–water partition coefficient (Wildman–Crippen LogP) is 6.38. The Balaban J connectivity index is 0.000000343. The fraction of sp³-hybridized carbons (Fsp3) is 0.400. The van der Waals surface area contributed by atoms with Gasteiger partial charge in [0.1, 0.15) is 0 Å². The van der Waals surface area contributed by atoms with E-state index in [2.05, 4.69) is 42.0 Å². The van der Waals surface area contributed by atoms with Crippen molar-refractivity contribution >= 4 is 11.9 Å². The summed E-state index contributed by atoms with van der Waals surface area (Å²) in [6, 6.07) is 15.8. The Hall–Kier alpha value is -2.65. The van der Waals surface area contributed by atoms with E-state index in [-0.39, 0.29) is 38.8 Å². The molecule has 3 rings (SSSR count). The number of hydrogen-bond acceptors (Lipinski definition) is 4. The third-order valence-electron chi connectivity index (χ3n) is 5.71. The van der Waals surface area contributed by atoms with Crippen molar-refractivity contribution in [1.29, 1.82) is 0 Å². The summed E-state index contributed by atoms with van der Waals surface area (Å²) in [5.74, 6) is -0.695. The molecule has 0 saturated carbocycles. The molecule has 4 nitrogen and oxygen atoms in total. The van der Waals surface area contributed by atoms with Crippen LogP contribution in [0.4, 0.5) is 5.69 Å². The first-order valence-corrected chi connectivity index (χ1v) is 12.0. The molecule has 0 aliphatic carbocycles. The van der Waals surface area contributed by atoms with Crippen LogP contribution in [0, 0.1) is 0 Å². The van der Waals surface area contributed by atoms with Crippen molar-refractivity contribution in [2.24, 2.45) is 4.99 Å². The summed E-state index contributed by atoms with van der Waals surface area (Å²) in [6.07, 6.45) is 5.63. The number of para-hydroxylation sites is 1. The van der Waals surface area contributed by atoms with Crippen LogP contribution in [0.1, 0.15) is 83.3 Å². The van der Waals surface area contributed by atoms with E-state index in [4.69, 9.17) is 0 Å². The van der Waals surface area contributed by atoms with Crippen LogP contribution >= 0.6 is 0 Å². The van der Waals surface area contributed by atoms with Crippen LogP contribution in [0.15, 0.2) is 59.7 Å². The van der Waals surface area contributed by atoms with E-state index in [9.17, 15) is 10.2 Å². The SMILES string of the molecule is CC(C)(C)c1ccc(C(C)(C)C)c([O-])c1[O-].CCc1cccc(CC)c1N=Cc1ccccn1.[Ni+2]. The Morgan fingerprint density at radius 3 is 1.60 bits per heavy atom. The summed E-state index contributed by atoms with van der Waals surface area (Å²) in [7, 11) is 0. The Morgan fingerprint density at radius 1 is 0.743 bits per heavy atom. The monoisotopic (exact) mass is 516 g/mol.